The Morgan fingerprint density at radius 3 is 2.43 bits per heavy atom. The van der Waals surface area contributed by atoms with Gasteiger partial charge >= 0.3 is 12.6 Å². The number of fused-ring (bicyclic) bond motifs is 1. The van der Waals surface area contributed by atoms with E-state index in [-0.39, 0.29) is 22.7 Å². The van der Waals surface area contributed by atoms with Crippen LogP contribution in [0.4, 0.5) is 8.78 Å². The summed E-state index contributed by atoms with van der Waals surface area (Å²) in [6.07, 6.45) is 5.20. The van der Waals surface area contributed by atoms with E-state index in [1.54, 1.807) is 28.8 Å². The van der Waals surface area contributed by atoms with Crippen LogP contribution in [0, 0.1) is 0 Å². The fourth-order valence-corrected chi connectivity index (χ4v) is 4.68. The van der Waals surface area contributed by atoms with Crippen LogP contribution < -0.4 is 14.9 Å². The first-order valence-corrected chi connectivity index (χ1v) is 11.8. The summed E-state index contributed by atoms with van der Waals surface area (Å²) >= 11 is 0. The molecule has 5 rings (SSSR count). The first-order chi connectivity index (χ1) is 16.9. The summed E-state index contributed by atoms with van der Waals surface area (Å²) in [5.41, 5.74) is 0.0727. The van der Waals surface area contributed by atoms with Gasteiger partial charge in [0.1, 0.15) is 17.9 Å². The number of carbonyl (C=O) groups is 1. The predicted octanol–water partition coefficient (Wildman–Crippen LogP) is 4.78. The second kappa shape index (κ2) is 9.65. The highest BCUT2D eigenvalue weighted by molar-refractivity contribution is 5.97. The topological polar surface area (TPSA) is 81.0 Å². The number of likely N-dealkylation sites (tertiary alicyclic amines) is 1. The number of carboxylic acids is 1. The lowest BCUT2D eigenvalue weighted by molar-refractivity contribution is -0.0486. The number of halogens is 2. The third-order valence-electron chi connectivity index (χ3n) is 6.56. The fourth-order valence-electron chi connectivity index (χ4n) is 4.68. The van der Waals surface area contributed by atoms with Crippen LogP contribution in [0.5, 0.6) is 11.5 Å². The van der Waals surface area contributed by atoms with Crippen molar-refractivity contribution in [1.29, 1.82) is 0 Å². The molecule has 0 amide bonds. The normalized spacial score (nSPS) is 16.2. The molecule has 2 aliphatic rings. The lowest BCUT2D eigenvalue weighted by atomic mass is 10.0. The van der Waals surface area contributed by atoms with E-state index in [1.807, 2.05) is 0 Å². The number of hydrogen-bond acceptors (Lipinski definition) is 5. The Labute approximate surface area is 200 Å². The molecule has 2 fully saturated rings. The fraction of sp³-hybridized carbons (Fsp3) is 0.385. The minimum Gasteiger partial charge on any atom is -0.492 e. The average Bonchev–Trinajstić information content (AvgIpc) is 3.55. The SMILES string of the molecule is O=C(O)c1cn(C2CC2)c2c(OC(F)F)c(-c3ccc(OCCN4CCCC4)cc3)ccc2c1=O. The summed E-state index contributed by atoms with van der Waals surface area (Å²) in [5, 5.41) is 9.51. The molecule has 184 valence electrons. The van der Waals surface area contributed by atoms with Crippen LogP contribution in [0.25, 0.3) is 22.0 Å². The molecule has 3 aromatic rings. The number of hydrogen-bond donors (Lipinski definition) is 1. The van der Waals surface area contributed by atoms with Gasteiger partial charge in [0, 0.05) is 24.3 Å². The van der Waals surface area contributed by atoms with Gasteiger partial charge in [-0.3, -0.25) is 9.69 Å². The lowest BCUT2D eigenvalue weighted by Crippen LogP contribution is -2.25. The van der Waals surface area contributed by atoms with Crippen LogP contribution in [-0.2, 0) is 0 Å². The second-order valence-electron chi connectivity index (χ2n) is 8.95. The maximum absolute atomic E-state index is 13.5. The monoisotopic (exact) mass is 484 g/mol. The molecule has 1 aromatic heterocycles. The quantitative estimate of drug-likeness (QED) is 0.471. The summed E-state index contributed by atoms with van der Waals surface area (Å²) in [6, 6.07) is 10.0. The summed E-state index contributed by atoms with van der Waals surface area (Å²) in [7, 11) is 0. The molecule has 0 bridgehead atoms. The Bertz CT molecular complexity index is 1300. The molecule has 1 aliphatic carbocycles. The highest BCUT2D eigenvalue weighted by Gasteiger charge is 2.30. The summed E-state index contributed by atoms with van der Waals surface area (Å²) < 4.78 is 39.4. The zero-order chi connectivity index (χ0) is 24.5. The molecule has 2 aromatic carbocycles. The molecule has 1 saturated carbocycles. The van der Waals surface area contributed by atoms with Gasteiger partial charge in [0.15, 0.2) is 5.75 Å². The Balaban J connectivity index is 1.52. The van der Waals surface area contributed by atoms with E-state index in [2.05, 4.69) is 4.90 Å². The Morgan fingerprint density at radius 1 is 1.09 bits per heavy atom. The van der Waals surface area contributed by atoms with Gasteiger partial charge in [0.25, 0.3) is 0 Å². The summed E-state index contributed by atoms with van der Waals surface area (Å²) in [5.74, 6) is -0.820. The molecule has 9 heteroatoms. The molecule has 35 heavy (non-hydrogen) atoms. The van der Waals surface area contributed by atoms with E-state index in [1.165, 1.54) is 31.2 Å². The van der Waals surface area contributed by atoms with Gasteiger partial charge in [-0.25, -0.2) is 4.79 Å². The number of aromatic nitrogens is 1. The van der Waals surface area contributed by atoms with Crippen molar-refractivity contribution in [2.24, 2.45) is 0 Å². The van der Waals surface area contributed by atoms with Crippen LogP contribution in [0.2, 0.25) is 0 Å². The van der Waals surface area contributed by atoms with E-state index in [0.717, 1.165) is 32.5 Å². The predicted molar refractivity (Wildman–Crippen MR) is 127 cm³/mol. The molecule has 2 heterocycles. The molecule has 0 unspecified atom stereocenters. The van der Waals surface area contributed by atoms with Crippen LogP contribution in [0.15, 0.2) is 47.4 Å². The van der Waals surface area contributed by atoms with E-state index in [9.17, 15) is 23.5 Å². The number of rotatable bonds is 9. The van der Waals surface area contributed by atoms with E-state index in [0.29, 0.717) is 23.5 Å². The van der Waals surface area contributed by atoms with Gasteiger partial charge in [0.2, 0.25) is 5.43 Å². The number of nitrogens with zero attached hydrogens (tertiary/aromatic N) is 2. The van der Waals surface area contributed by atoms with Crippen molar-refractivity contribution in [3.05, 3.63) is 58.4 Å². The number of pyridine rings is 1. The minimum absolute atomic E-state index is 0.0399. The molecule has 1 N–H and O–H groups in total. The molecule has 7 nitrogen and oxygen atoms in total. The zero-order valence-electron chi connectivity index (χ0n) is 19.1. The van der Waals surface area contributed by atoms with Gasteiger partial charge in [-0.05, 0) is 68.6 Å². The summed E-state index contributed by atoms with van der Waals surface area (Å²) in [4.78, 5) is 26.8. The van der Waals surface area contributed by atoms with Crippen LogP contribution in [0.3, 0.4) is 0 Å². The average molecular weight is 484 g/mol. The van der Waals surface area contributed by atoms with Crippen molar-refractivity contribution in [2.75, 3.05) is 26.2 Å². The number of aromatic carboxylic acids is 1. The highest BCUT2D eigenvalue weighted by atomic mass is 19.3. The maximum atomic E-state index is 13.5. The highest BCUT2D eigenvalue weighted by Crippen LogP contribution is 2.43. The summed E-state index contributed by atoms with van der Waals surface area (Å²) in [6.45, 7) is 0.493. The number of ether oxygens (including phenoxy) is 2. The van der Waals surface area contributed by atoms with Crippen molar-refractivity contribution < 1.29 is 28.2 Å². The van der Waals surface area contributed by atoms with Gasteiger partial charge in [-0.2, -0.15) is 8.78 Å². The number of benzene rings is 2. The Hall–Kier alpha value is -3.46. The Morgan fingerprint density at radius 2 is 1.80 bits per heavy atom. The van der Waals surface area contributed by atoms with Crippen molar-refractivity contribution >= 4 is 16.9 Å². The molecule has 1 saturated heterocycles. The van der Waals surface area contributed by atoms with Gasteiger partial charge in [-0.15, -0.1) is 0 Å². The van der Waals surface area contributed by atoms with Crippen molar-refractivity contribution in [3.63, 3.8) is 0 Å². The lowest BCUT2D eigenvalue weighted by Gasteiger charge is -2.19. The van der Waals surface area contributed by atoms with Gasteiger partial charge in [-0.1, -0.05) is 12.1 Å². The molecular formula is C26H26F2N2O5. The van der Waals surface area contributed by atoms with Gasteiger partial charge < -0.3 is 19.1 Å². The van der Waals surface area contributed by atoms with E-state index in [4.69, 9.17) is 9.47 Å². The molecule has 0 spiro atoms. The maximum Gasteiger partial charge on any atom is 0.387 e. The first-order valence-electron chi connectivity index (χ1n) is 11.8. The zero-order valence-corrected chi connectivity index (χ0v) is 19.1. The third-order valence-corrected chi connectivity index (χ3v) is 6.56. The molecule has 0 radical (unpaired) electrons. The van der Waals surface area contributed by atoms with Crippen LogP contribution in [-0.4, -0.2) is 53.4 Å². The number of alkyl halides is 2. The van der Waals surface area contributed by atoms with Crippen LogP contribution in [0.1, 0.15) is 42.1 Å². The third kappa shape index (κ3) is 4.86. The minimum atomic E-state index is -3.12. The Kier molecular flexibility index (Phi) is 6.42. The largest absolute Gasteiger partial charge is 0.492 e. The van der Waals surface area contributed by atoms with Crippen molar-refractivity contribution in [1.82, 2.24) is 9.47 Å². The molecular weight excluding hydrogens is 458 g/mol. The standard InChI is InChI=1S/C26H26F2N2O5/c27-26(28)35-24-19(16-3-7-18(8-4-16)34-14-13-29-11-1-2-12-29)9-10-20-22(24)30(17-5-6-17)15-21(23(20)31)25(32)33/h3-4,7-10,15,17,26H,1-2,5-6,11-14H2,(H,32,33). The second-order valence-corrected chi connectivity index (χ2v) is 8.95. The van der Waals surface area contributed by atoms with Crippen molar-refractivity contribution in [2.45, 2.75) is 38.3 Å². The first kappa shape index (κ1) is 23.3. The van der Waals surface area contributed by atoms with E-state index < -0.39 is 23.6 Å². The van der Waals surface area contributed by atoms with Crippen LogP contribution >= 0.6 is 0 Å². The molecule has 0 atom stereocenters. The van der Waals surface area contributed by atoms with E-state index >= 15 is 0 Å². The van der Waals surface area contributed by atoms with Gasteiger partial charge in [0.05, 0.1) is 10.9 Å². The smallest absolute Gasteiger partial charge is 0.387 e. The van der Waals surface area contributed by atoms with Crippen molar-refractivity contribution in [3.8, 4) is 22.6 Å². The number of carboxylic acid groups (broad SMARTS) is 1. The molecule has 1 aliphatic heterocycles.